The first kappa shape index (κ1) is 25.3. The topological polar surface area (TPSA) is 97.6 Å². The van der Waals surface area contributed by atoms with Gasteiger partial charge in [0.15, 0.2) is 0 Å². The molecular formula is C28H32O7. The van der Waals surface area contributed by atoms with Gasteiger partial charge in [0.2, 0.25) is 0 Å². The molecule has 7 heteroatoms. The Morgan fingerprint density at radius 3 is 1.40 bits per heavy atom. The maximum absolute atomic E-state index is 11.2. The summed E-state index contributed by atoms with van der Waals surface area (Å²) in [6.07, 6.45) is -6.84. The van der Waals surface area contributed by atoms with Crippen molar-refractivity contribution >= 4 is 0 Å². The zero-order chi connectivity index (χ0) is 24.6. The highest BCUT2D eigenvalue weighted by Gasteiger charge is 2.51. The molecule has 0 saturated heterocycles. The Balaban J connectivity index is 1.49. The van der Waals surface area contributed by atoms with Gasteiger partial charge in [-0.25, -0.2) is 0 Å². The second kappa shape index (κ2) is 12.3. The molecule has 0 aliphatic heterocycles. The van der Waals surface area contributed by atoms with Gasteiger partial charge < -0.3 is 34.3 Å². The van der Waals surface area contributed by atoms with Crippen molar-refractivity contribution in [3.8, 4) is 5.75 Å². The molecule has 3 aromatic carbocycles. The Morgan fingerprint density at radius 1 is 0.514 bits per heavy atom. The van der Waals surface area contributed by atoms with Crippen LogP contribution in [0.5, 0.6) is 5.75 Å². The largest absolute Gasteiger partial charge is 0.497 e. The van der Waals surface area contributed by atoms with Gasteiger partial charge >= 0.3 is 0 Å². The van der Waals surface area contributed by atoms with Crippen molar-refractivity contribution in [3.05, 3.63) is 102 Å². The molecule has 186 valence electrons. The van der Waals surface area contributed by atoms with E-state index in [4.69, 9.17) is 18.9 Å². The first-order chi connectivity index (χ1) is 17.1. The van der Waals surface area contributed by atoms with Crippen LogP contribution in [0.1, 0.15) is 16.7 Å². The van der Waals surface area contributed by atoms with Gasteiger partial charge in [-0.15, -0.1) is 0 Å². The third-order valence-corrected chi connectivity index (χ3v) is 6.19. The van der Waals surface area contributed by atoms with Crippen molar-refractivity contribution in [1.82, 2.24) is 0 Å². The second-order valence-electron chi connectivity index (χ2n) is 8.62. The van der Waals surface area contributed by atoms with Crippen LogP contribution >= 0.6 is 0 Å². The lowest BCUT2D eigenvalue weighted by molar-refractivity contribution is -0.262. The minimum atomic E-state index is -1.35. The van der Waals surface area contributed by atoms with Crippen molar-refractivity contribution in [2.24, 2.45) is 0 Å². The fourth-order valence-corrected chi connectivity index (χ4v) is 4.20. The molecule has 0 unspecified atom stereocenters. The highest BCUT2D eigenvalue weighted by atomic mass is 16.6. The smallest absolute Gasteiger partial charge is 0.118 e. The van der Waals surface area contributed by atoms with E-state index >= 15 is 0 Å². The predicted octanol–water partition coefficient (Wildman–Crippen LogP) is 2.85. The van der Waals surface area contributed by atoms with E-state index in [1.165, 1.54) is 0 Å². The number of aliphatic hydroxyl groups is 3. The third kappa shape index (κ3) is 6.46. The van der Waals surface area contributed by atoms with Crippen LogP contribution in [-0.4, -0.2) is 59.1 Å². The van der Waals surface area contributed by atoms with Gasteiger partial charge in [-0.3, -0.25) is 0 Å². The van der Waals surface area contributed by atoms with Crippen LogP contribution in [0.15, 0.2) is 84.9 Å². The molecule has 0 heterocycles. The Morgan fingerprint density at radius 2 is 0.914 bits per heavy atom. The first-order valence-corrected chi connectivity index (χ1v) is 11.7. The maximum Gasteiger partial charge on any atom is 0.118 e. The maximum atomic E-state index is 11.2. The number of hydrogen-bond acceptors (Lipinski definition) is 7. The van der Waals surface area contributed by atoms with Crippen LogP contribution in [0.4, 0.5) is 0 Å². The molecule has 35 heavy (non-hydrogen) atoms. The van der Waals surface area contributed by atoms with E-state index < -0.39 is 36.6 Å². The van der Waals surface area contributed by atoms with Crippen molar-refractivity contribution < 1.29 is 34.3 Å². The molecule has 3 N–H and O–H groups in total. The number of ether oxygens (including phenoxy) is 4. The fourth-order valence-electron chi connectivity index (χ4n) is 4.20. The van der Waals surface area contributed by atoms with Crippen molar-refractivity contribution in [2.75, 3.05) is 7.11 Å². The molecule has 3 aromatic rings. The summed E-state index contributed by atoms with van der Waals surface area (Å²) < 4.78 is 23.2. The molecule has 0 amide bonds. The van der Waals surface area contributed by atoms with E-state index in [0.717, 1.165) is 22.4 Å². The van der Waals surface area contributed by atoms with Crippen molar-refractivity contribution in [2.45, 2.75) is 56.4 Å². The highest BCUT2D eigenvalue weighted by molar-refractivity contribution is 5.26. The van der Waals surface area contributed by atoms with Crippen LogP contribution in [0.2, 0.25) is 0 Å². The summed E-state index contributed by atoms with van der Waals surface area (Å²) in [7, 11) is 1.60. The third-order valence-electron chi connectivity index (χ3n) is 6.19. The van der Waals surface area contributed by atoms with Gasteiger partial charge in [-0.1, -0.05) is 72.8 Å². The van der Waals surface area contributed by atoms with E-state index in [2.05, 4.69) is 0 Å². The molecule has 1 saturated carbocycles. The molecule has 1 aliphatic rings. The van der Waals surface area contributed by atoms with Crippen molar-refractivity contribution in [1.29, 1.82) is 0 Å². The Labute approximate surface area is 205 Å². The standard InChI is InChI=1S/C28H32O7/c1-32-22-14-12-21(13-15-22)18-35-28-25(31)26(33-16-19-8-4-2-5-9-19)23(29)24(30)27(28)34-17-20-10-6-3-7-11-20/h2-15,23-31H,16-18H2,1H3/t23-,24-,25-,26+,27-,28+/m1/s1. The molecule has 0 spiro atoms. The number of benzene rings is 3. The quantitative estimate of drug-likeness (QED) is 0.411. The van der Waals surface area contributed by atoms with Gasteiger partial charge in [0, 0.05) is 0 Å². The predicted molar refractivity (Wildman–Crippen MR) is 130 cm³/mol. The molecule has 6 atom stereocenters. The lowest BCUT2D eigenvalue weighted by Gasteiger charge is -2.45. The van der Waals surface area contributed by atoms with E-state index in [9.17, 15) is 15.3 Å². The van der Waals surface area contributed by atoms with E-state index in [-0.39, 0.29) is 19.8 Å². The molecule has 0 bridgehead atoms. The average Bonchev–Trinajstić information content (AvgIpc) is 2.91. The summed E-state index contributed by atoms with van der Waals surface area (Å²) in [6, 6.07) is 26.3. The summed E-state index contributed by atoms with van der Waals surface area (Å²) >= 11 is 0. The Kier molecular flexibility index (Phi) is 8.87. The molecule has 1 aliphatic carbocycles. The van der Waals surface area contributed by atoms with Gasteiger partial charge in [0.1, 0.15) is 42.4 Å². The van der Waals surface area contributed by atoms with E-state index in [1.807, 2.05) is 84.9 Å². The molecular weight excluding hydrogens is 448 g/mol. The summed E-state index contributed by atoms with van der Waals surface area (Å²) in [5, 5.41) is 33.0. The first-order valence-electron chi connectivity index (χ1n) is 11.7. The zero-order valence-electron chi connectivity index (χ0n) is 19.6. The monoisotopic (exact) mass is 480 g/mol. The minimum absolute atomic E-state index is 0.172. The van der Waals surface area contributed by atoms with Crippen LogP contribution in [0, 0.1) is 0 Å². The van der Waals surface area contributed by atoms with E-state index in [1.54, 1.807) is 7.11 Å². The van der Waals surface area contributed by atoms with Gasteiger partial charge in [-0.05, 0) is 28.8 Å². The summed E-state index contributed by atoms with van der Waals surface area (Å²) in [6.45, 7) is 0.540. The zero-order valence-corrected chi connectivity index (χ0v) is 19.6. The van der Waals surface area contributed by atoms with Gasteiger partial charge in [0.05, 0.1) is 26.9 Å². The van der Waals surface area contributed by atoms with Gasteiger partial charge in [-0.2, -0.15) is 0 Å². The fraction of sp³-hybridized carbons (Fsp3) is 0.357. The molecule has 0 radical (unpaired) electrons. The average molecular weight is 481 g/mol. The number of aliphatic hydroxyl groups excluding tert-OH is 3. The second-order valence-corrected chi connectivity index (χ2v) is 8.62. The number of rotatable bonds is 10. The van der Waals surface area contributed by atoms with Crippen molar-refractivity contribution in [3.63, 3.8) is 0 Å². The SMILES string of the molecule is COc1ccc(CO[C@H]2[C@H](O)[C@@H](OCc3ccccc3)[C@H](O)[C@@H](O)[C@H]2OCc2ccccc2)cc1. The highest BCUT2D eigenvalue weighted by Crippen LogP contribution is 2.30. The van der Waals surface area contributed by atoms with Crippen LogP contribution in [0.25, 0.3) is 0 Å². The molecule has 7 nitrogen and oxygen atoms in total. The van der Waals surface area contributed by atoms with Crippen LogP contribution in [0.3, 0.4) is 0 Å². The normalized spacial score (nSPS) is 26.4. The summed E-state index contributed by atoms with van der Waals surface area (Å²) in [5.41, 5.74) is 2.65. The molecule has 4 rings (SSSR count). The van der Waals surface area contributed by atoms with Crippen LogP contribution < -0.4 is 4.74 Å². The number of methoxy groups -OCH3 is 1. The van der Waals surface area contributed by atoms with E-state index in [0.29, 0.717) is 0 Å². The number of hydrogen-bond donors (Lipinski definition) is 3. The molecule has 1 fully saturated rings. The lowest BCUT2D eigenvalue weighted by atomic mass is 9.84. The summed E-state index contributed by atoms with van der Waals surface area (Å²) in [4.78, 5) is 0. The Hall–Kier alpha value is -2.78. The Bertz CT molecular complexity index is 1010. The summed E-state index contributed by atoms with van der Waals surface area (Å²) in [5.74, 6) is 0.725. The minimum Gasteiger partial charge on any atom is -0.497 e. The van der Waals surface area contributed by atoms with Gasteiger partial charge in [0.25, 0.3) is 0 Å². The molecule has 0 aromatic heterocycles. The lowest BCUT2D eigenvalue weighted by Crippen LogP contribution is -2.65. The van der Waals surface area contributed by atoms with Crippen LogP contribution in [-0.2, 0) is 34.0 Å².